The smallest absolute Gasteiger partial charge is 0.247 e. The van der Waals surface area contributed by atoms with Crippen LogP contribution in [0.25, 0.3) is 0 Å². The summed E-state index contributed by atoms with van der Waals surface area (Å²) in [7, 11) is 1.64. The van der Waals surface area contributed by atoms with Gasteiger partial charge in [0.15, 0.2) is 11.5 Å². The van der Waals surface area contributed by atoms with Gasteiger partial charge in [0.25, 0.3) is 0 Å². The maximum atomic E-state index is 12.0. The number of ether oxygens (including phenoxy) is 2. The largest absolute Gasteiger partial charge is 0.506 e. The molecule has 1 amide bonds. The van der Waals surface area contributed by atoms with E-state index in [2.05, 4.69) is 11.9 Å². The second-order valence-electron chi connectivity index (χ2n) is 8.55. The number of hydrogen-bond donors (Lipinski definition) is 2. The van der Waals surface area contributed by atoms with Gasteiger partial charge in [0.1, 0.15) is 12.4 Å². The molecule has 5 nitrogen and oxygen atoms in total. The van der Waals surface area contributed by atoms with E-state index in [4.69, 9.17) is 9.47 Å². The molecule has 1 aliphatic carbocycles. The molecule has 0 fully saturated rings. The lowest BCUT2D eigenvalue weighted by atomic mass is 9.85. The predicted octanol–water partition coefficient (Wildman–Crippen LogP) is 5.77. The quantitative estimate of drug-likeness (QED) is 0.316. The molecule has 1 aliphatic rings. The number of aromatic hydroxyl groups is 1. The lowest BCUT2D eigenvalue weighted by Gasteiger charge is -2.24. The number of benzene rings is 3. The van der Waals surface area contributed by atoms with Crippen molar-refractivity contribution in [1.29, 1.82) is 0 Å². The van der Waals surface area contributed by atoms with Gasteiger partial charge in [-0.15, -0.1) is 0 Å². The summed E-state index contributed by atoms with van der Waals surface area (Å²) >= 11 is 0. The first-order valence-electron chi connectivity index (χ1n) is 11.7. The highest BCUT2D eigenvalue weighted by Crippen LogP contribution is 2.38. The molecule has 5 heteroatoms. The van der Waals surface area contributed by atoms with E-state index in [1.165, 1.54) is 17.2 Å². The Bertz CT molecular complexity index is 1170. The van der Waals surface area contributed by atoms with Gasteiger partial charge >= 0.3 is 0 Å². The number of carbonyl (C=O) groups excluding carboxylic acids is 1. The van der Waals surface area contributed by atoms with Crippen molar-refractivity contribution < 1.29 is 19.4 Å². The first-order chi connectivity index (χ1) is 16.6. The van der Waals surface area contributed by atoms with Gasteiger partial charge in [-0.2, -0.15) is 0 Å². The molecular formula is C29H31NO4. The van der Waals surface area contributed by atoms with Gasteiger partial charge in [0.05, 0.1) is 12.8 Å². The number of rotatable bonds is 9. The Balaban J connectivity index is 1.55. The summed E-state index contributed by atoms with van der Waals surface area (Å²) in [6, 6.07) is 17.8. The van der Waals surface area contributed by atoms with Crippen LogP contribution in [0.1, 0.15) is 40.7 Å². The minimum Gasteiger partial charge on any atom is -0.506 e. The van der Waals surface area contributed by atoms with Crippen molar-refractivity contribution in [3.63, 3.8) is 0 Å². The topological polar surface area (TPSA) is 67.8 Å². The zero-order valence-corrected chi connectivity index (χ0v) is 19.6. The Morgan fingerprint density at radius 1 is 1.03 bits per heavy atom. The maximum absolute atomic E-state index is 12.0. The Morgan fingerprint density at radius 3 is 2.59 bits per heavy atom. The standard InChI is InChI=1S/C29H31NO4/c1-3-28(32)30-29-24(23-12-8-7-11-22(23)18-25(29)31)15-13-20-14-16-26(27(17-20)33-2)34-19-21-9-5-4-6-10-21/h3-6,9-10,14,16-18,31H,1,7-8,11-13,15,19H2,2H3,(H,30,32). The Labute approximate surface area is 201 Å². The minimum absolute atomic E-state index is 0.119. The lowest BCUT2D eigenvalue weighted by Crippen LogP contribution is -2.15. The molecule has 0 saturated carbocycles. The van der Waals surface area contributed by atoms with Crippen LogP contribution in [0.2, 0.25) is 0 Å². The number of aryl methyl sites for hydroxylation is 2. The van der Waals surface area contributed by atoms with Crippen molar-refractivity contribution in [2.24, 2.45) is 0 Å². The molecule has 0 atom stereocenters. The van der Waals surface area contributed by atoms with Crippen LogP contribution in [0.5, 0.6) is 17.2 Å². The van der Waals surface area contributed by atoms with Crippen LogP contribution >= 0.6 is 0 Å². The second kappa shape index (κ2) is 10.9. The molecule has 0 aliphatic heterocycles. The Morgan fingerprint density at radius 2 is 1.82 bits per heavy atom. The Hall–Kier alpha value is -3.73. The summed E-state index contributed by atoms with van der Waals surface area (Å²) in [6.45, 7) is 4.01. The van der Waals surface area contributed by atoms with Gasteiger partial charge in [0, 0.05) is 0 Å². The lowest BCUT2D eigenvalue weighted by molar-refractivity contribution is -0.111. The normalized spacial score (nSPS) is 12.5. The van der Waals surface area contributed by atoms with E-state index in [0.29, 0.717) is 30.2 Å². The van der Waals surface area contributed by atoms with Gasteiger partial charge in [-0.3, -0.25) is 4.79 Å². The molecular weight excluding hydrogens is 426 g/mol. The zero-order valence-electron chi connectivity index (χ0n) is 19.6. The molecule has 0 aromatic heterocycles. The van der Waals surface area contributed by atoms with Crippen molar-refractivity contribution in [3.8, 4) is 17.2 Å². The average Bonchev–Trinajstić information content (AvgIpc) is 2.88. The van der Waals surface area contributed by atoms with Crippen LogP contribution in [-0.2, 0) is 37.1 Å². The molecule has 0 bridgehead atoms. The SMILES string of the molecule is C=CC(=O)Nc1c(O)cc2c(c1CCc1ccc(OCc3ccccc3)c(OC)c1)CCCC2. The van der Waals surface area contributed by atoms with Gasteiger partial charge in [-0.05, 0) is 90.6 Å². The van der Waals surface area contributed by atoms with E-state index in [1.807, 2.05) is 48.5 Å². The fraction of sp³-hybridized carbons (Fsp3) is 0.276. The highest BCUT2D eigenvalue weighted by atomic mass is 16.5. The van der Waals surface area contributed by atoms with E-state index in [0.717, 1.165) is 48.8 Å². The van der Waals surface area contributed by atoms with Crippen molar-refractivity contribution >= 4 is 11.6 Å². The molecule has 0 radical (unpaired) electrons. The molecule has 0 unspecified atom stereocenters. The van der Waals surface area contributed by atoms with Crippen LogP contribution < -0.4 is 14.8 Å². The fourth-order valence-corrected chi connectivity index (χ4v) is 4.56. The van der Waals surface area contributed by atoms with E-state index < -0.39 is 0 Å². The minimum atomic E-state index is -0.325. The van der Waals surface area contributed by atoms with E-state index in [9.17, 15) is 9.90 Å². The number of anilines is 1. The Kier molecular flexibility index (Phi) is 7.53. The van der Waals surface area contributed by atoms with Crippen molar-refractivity contribution in [2.45, 2.75) is 45.1 Å². The summed E-state index contributed by atoms with van der Waals surface area (Å²) in [5, 5.41) is 13.5. The summed E-state index contributed by atoms with van der Waals surface area (Å²) < 4.78 is 11.6. The molecule has 0 saturated heterocycles. The van der Waals surface area contributed by atoms with Gasteiger partial charge in [-0.1, -0.05) is 43.0 Å². The number of phenolic OH excluding ortho intramolecular Hbond substituents is 1. The van der Waals surface area contributed by atoms with Crippen LogP contribution in [0.4, 0.5) is 5.69 Å². The van der Waals surface area contributed by atoms with E-state index in [1.54, 1.807) is 13.2 Å². The predicted molar refractivity (Wildman–Crippen MR) is 135 cm³/mol. The van der Waals surface area contributed by atoms with Gasteiger partial charge in [-0.25, -0.2) is 0 Å². The third kappa shape index (κ3) is 5.42. The number of fused-ring (bicyclic) bond motifs is 1. The maximum Gasteiger partial charge on any atom is 0.247 e. The molecule has 4 rings (SSSR count). The number of amides is 1. The van der Waals surface area contributed by atoms with Crippen LogP contribution in [0, 0.1) is 0 Å². The molecule has 0 heterocycles. The highest BCUT2D eigenvalue weighted by molar-refractivity contribution is 6.00. The van der Waals surface area contributed by atoms with Gasteiger partial charge < -0.3 is 19.9 Å². The molecule has 0 spiro atoms. The summed E-state index contributed by atoms with van der Waals surface area (Å²) in [6.07, 6.45) is 6.79. The van der Waals surface area contributed by atoms with Crippen LogP contribution in [0.3, 0.4) is 0 Å². The molecule has 34 heavy (non-hydrogen) atoms. The van der Waals surface area contributed by atoms with Gasteiger partial charge in [0.2, 0.25) is 5.91 Å². The van der Waals surface area contributed by atoms with Crippen LogP contribution in [0.15, 0.2) is 67.3 Å². The molecule has 176 valence electrons. The second-order valence-corrected chi connectivity index (χ2v) is 8.55. The molecule has 3 aromatic rings. The number of phenols is 1. The number of nitrogens with one attached hydrogen (secondary N) is 1. The monoisotopic (exact) mass is 457 g/mol. The van der Waals surface area contributed by atoms with E-state index in [-0.39, 0.29) is 11.7 Å². The summed E-state index contributed by atoms with van der Waals surface area (Å²) in [5.74, 6) is 1.18. The highest BCUT2D eigenvalue weighted by Gasteiger charge is 2.21. The third-order valence-corrected chi connectivity index (χ3v) is 6.31. The molecule has 2 N–H and O–H groups in total. The fourth-order valence-electron chi connectivity index (χ4n) is 4.56. The first kappa shape index (κ1) is 23.4. The third-order valence-electron chi connectivity index (χ3n) is 6.31. The average molecular weight is 458 g/mol. The van der Waals surface area contributed by atoms with Crippen molar-refractivity contribution in [1.82, 2.24) is 0 Å². The summed E-state index contributed by atoms with van der Waals surface area (Å²) in [5.41, 5.74) is 6.12. The summed E-state index contributed by atoms with van der Waals surface area (Å²) in [4.78, 5) is 12.0. The van der Waals surface area contributed by atoms with Crippen molar-refractivity contribution in [2.75, 3.05) is 12.4 Å². The van der Waals surface area contributed by atoms with E-state index >= 15 is 0 Å². The number of carbonyl (C=O) groups is 1. The van der Waals surface area contributed by atoms with Crippen LogP contribution in [-0.4, -0.2) is 18.1 Å². The molecule has 3 aromatic carbocycles. The van der Waals surface area contributed by atoms with Crippen molar-refractivity contribution in [3.05, 3.63) is 95.1 Å². The first-order valence-corrected chi connectivity index (χ1v) is 11.7. The number of hydrogen-bond acceptors (Lipinski definition) is 4. The number of methoxy groups -OCH3 is 1. The zero-order chi connectivity index (χ0) is 23.9.